The molecule has 14 heavy (non-hydrogen) atoms. The SMILES string of the molecule is O=C(O)c1ccn(-c2ccccn2)n1. The normalized spacial score (nSPS) is 10.0. The quantitative estimate of drug-likeness (QED) is 0.764. The van der Waals surface area contributed by atoms with E-state index in [1.54, 1.807) is 24.5 Å². The third kappa shape index (κ3) is 1.47. The Kier molecular flexibility index (Phi) is 1.98. The molecule has 2 heterocycles. The van der Waals surface area contributed by atoms with Crippen LogP contribution in [0.2, 0.25) is 0 Å². The van der Waals surface area contributed by atoms with Crippen LogP contribution in [0, 0.1) is 0 Å². The molecule has 2 aromatic heterocycles. The number of aromatic nitrogens is 3. The summed E-state index contributed by atoms with van der Waals surface area (Å²) in [5.74, 6) is -0.445. The van der Waals surface area contributed by atoms with Gasteiger partial charge in [0, 0.05) is 12.4 Å². The maximum atomic E-state index is 10.5. The van der Waals surface area contributed by atoms with Crippen LogP contribution in [-0.4, -0.2) is 25.8 Å². The molecule has 2 rings (SSSR count). The van der Waals surface area contributed by atoms with E-state index in [9.17, 15) is 4.79 Å². The van der Waals surface area contributed by atoms with E-state index >= 15 is 0 Å². The molecule has 0 saturated carbocycles. The molecule has 0 saturated heterocycles. The summed E-state index contributed by atoms with van der Waals surface area (Å²) < 4.78 is 1.42. The van der Waals surface area contributed by atoms with Crippen LogP contribution in [0.15, 0.2) is 36.7 Å². The summed E-state index contributed by atoms with van der Waals surface area (Å²) in [5, 5.41) is 12.5. The van der Waals surface area contributed by atoms with E-state index in [2.05, 4.69) is 10.1 Å². The fourth-order valence-electron chi connectivity index (χ4n) is 1.05. The molecule has 5 heteroatoms. The van der Waals surface area contributed by atoms with Crippen molar-refractivity contribution in [3.05, 3.63) is 42.4 Å². The Hall–Kier alpha value is -2.17. The van der Waals surface area contributed by atoms with Crippen molar-refractivity contribution in [3.63, 3.8) is 0 Å². The van der Waals surface area contributed by atoms with E-state index in [0.717, 1.165) is 0 Å². The second-order valence-corrected chi connectivity index (χ2v) is 2.64. The van der Waals surface area contributed by atoms with Crippen LogP contribution in [-0.2, 0) is 0 Å². The molecule has 0 spiro atoms. The number of hydrogen-bond donors (Lipinski definition) is 1. The van der Waals surface area contributed by atoms with Gasteiger partial charge in [-0.05, 0) is 18.2 Å². The Morgan fingerprint density at radius 2 is 2.21 bits per heavy atom. The van der Waals surface area contributed by atoms with E-state index in [4.69, 9.17) is 5.11 Å². The highest BCUT2D eigenvalue weighted by Crippen LogP contribution is 2.03. The minimum Gasteiger partial charge on any atom is -0.476 e. The average molecular weight is 189 g/mol. The van der Waals surface area contributed by atoms with Crippen molar-refractivity contribution in [3.8, 4) is 5.82 Å². The van der Waals surface area contributed by atoms with Gasteiger partial charge in [0.25, 0.3) is 0 Å². The van der Waals surface area contributed by atoms with Gasteiger partial charge in [0.15, 0.2) is 11.5 Å². The Labute approximate surface area is 79.6 Å². The van der Waals surface area contributed by atoms with Crippen molar-refractivity contribution >= 4 is 5.97 Å². The van der Waals surface area contributed by atoms with Crippen molar-refractivity contribution in [2.24, 2.45) is 0 Å². The molecule has 0 aliphatic rings. The third-order valence-corrected chi connectivity index (χ3v) is 1.69. The van der Waals surface area contributed by atoms with Gasteiger partial charge in [0.2, 0.25) is 0 Å². The zero-order valence-corrected chi connectivity index (χ0v) is 7.16. The maximum Gasteiger partial charge on any atom is 0.356 e. The van der Waals surface area contributed by atoms with E-state index < -0.39 is 5.97 Å². The molecule has 0 radical (unpaired) electrons. The first-order valence-corrected chi connectivity index (χ1v) is 3.98. The van der Waals surface area contributed by atoms with Gasteiger partial charge in [-0.2, -0.15) is 5.10 Å². The molecule has 5 nitrogen and oxygen atoms in total. The highest BCUT2D eigenvalue weighted by Gasteiger charge is 2.07. The largest absolute Gasteiger partial charge is 0.476 e. The number of nitrogens with zero attached hydrogens (tertiary/aromatic N) is 3. The van der Waals surface area contributed by atoms with Crippen LogP contribution in [0.5, 0.6) is 0 Å². The number of carbonyl (C=O) groups is 1. The Bertz CT molecular complexity index is 450. The van der Waals surface area contributed by atoms with E-state index in [-0.39, 0.29) is 5.69 Å². The zero-order valence-electron chi connectivity index (χ0n) is 7.16. The molecule has 0 atom stereocenters. The monoisotopic (exact) mass is 189 g/mol. The maximum absolute atomic E-state index is 10.5. The number of hydrogen-bond acceptors (Lipinski definition) is 3. The molecule has 0 amide bonds. The van der Waals surface area contributed by atoms with Gasteiger partial charge < -0.3 is 5.11 Å². The van der Waals surface area contributed by atoms with Gasteiger partial charge in [-0.25, -0.2) is 14.5 Å². The van der Waals surface area contributed by atoms with Crippen molar-refractivity contribution in [2.75, 3.05) is 0 Å². The zero-order chi connectivity index (χ0) is 9.97. The number of carboxylic acids is 1. The predicted molar refractivity (Wildman–Crippen MR) is 48.3 cm³/mol. The standard InChI is InChI=1S/C9H7N3O2/c13-9(14)7-4-6-12(11-7)8-3-1-2-5-10-8/h1-6H,(H,13,14). The summed E-state index contributed by atoms with van der Waals surface area (Å²) in [5.41, 5.74) is 0.00986. The fourth-order valence-corrected chi connectivity index (χ4v) is 1.05. The summed E-state index contributed by atoms with van der Waals surface area (Å²) in [7, 11) is 0. The number of pyridine rings is 1. The van der Waals surface area contributed by atoms with Crippen LogP contribution >= 0.6 is 0 Å². The molecule has 2 aromatic rings. The van der Waals surface area contributed by atoms with Gasteiger partial charge in [0.1, 0.15) is 0 Å². The summed E-state index contributed by atoms with van der Waals surface area (Å²) in [6.07, 6.45) is 3.18. The first-order valence-electron chi connectivity index (χ1n) is 3.98. The number of carboxylic acid groups (broad SMARTS) is 1. The molecule has 0 aliphatic heterocycles. The predicted octanol–water partition coefficient (Wildman–Crippen LogP) is 0.965. The second-order valence-electron chi connectivity index (χ2n) is 2.64. The van der Waals surface area contributed by atoms with Gasteiger partial charge in [-0.3, -0.25) is 0 Å². The molecule has 0 bridgehead atoms. The van der Waals surface area contributed by atoms with Crippen molar-refractivity contribution in [1.82, 2.24) is 14.8 Å². The average Bonchev–Trinajstić information content (AvgIpc) is 2.68. The van der Waals surface area contributed by atoms with Crippen molar-refractivity contribution in [1.29, 1.82) is 0 Å². The third-order valence-electron chi connectivity index (χ3n) is 1.69. The lowest BCUT2D eigenvalue weighted by Gasteiger charge is -1.97. The first kappa shape index (κ1) is 8.43. The topological polar surface area (TPSA) is 68.0 Å². The van der Waals surface area contributed by atoms with Crippen LogP contribution in [0.25, 0.3) is 5.82 Å². The molecular weight excluding hydrogens is 182 g/mol. The lowest BCUT2D eigenvalue weighted by molar-refractivity contribution is 0.0690. The molecule has 0 aliphatic carbocycles. The molecule has 0 fully saturated rings. The summed E-state index contributed by atoms with van der Waals surface area (Å²) in [6, 6.07) is 6.77. The molecular formula is C9H7N3O2. The Morgan fingerprint density at radius 1 is 1.36 bits per heavy atom. The van der Waals surface area contributed by atoms with Gasteiger partial charge in [0.05, 0.1) is 0 Å². The van der Waals surface area contributed by atoms with Crippen LogP contribution in [0.3, 0.4) is 0 Å². The molecule has 70 valence electrons. The van der Waals surface area contributed by atoms with E-state index in [1.165, 1.54) is 10.7 Å². The number of aromatic carboxylic acids is 1. The van der Waals surface area contributed by atoms with Gasteiger partial charge >= 0.3 is 5.97 Å². The lowest BCUT2D eigenvalue weighted by Crippen LogP contribution is -2.01. The Balaban J connectivity index is 2.39. The number of rotatable bonds is 2. The summed E-state index contributed by atoms with van der Waals surface area (Å²) >= 11 is 0. The lowest BCUT2D eigenvalue weighted by atomic mass is 10.4. The van der Waals surface area contributed by atoms with E-state index in [1.807, 2.05) is 6.07 Å². The minimum absolute atomic E-state index is 0.00986. The van der Waals surface area contributed by atoms with Crippen LogP contribution < -0.4 is 0 Å². The molecule has 0 unspecified atom stereocenters. The van der Waals surface area contributed by atoms with Crippen molar-refractivity contribution in [2.45, 2.75) is 0 Å². The van der Waals surface area contributed by atoms with Crippen LogP contribution in [0.4, 0.5) is 0 Å². The van der Waals surface area contributed by atoms with Gasteiger partial charge in [-0.15, -0.1) is 0 Å². The first-order chi connectivity index (χ1) is 6.77. The second kappa shape index (κ2) is 3.29. The van der Waals surface area contributed by atoms with Crippen molar-refractivity contribution < 1.29 is 9.90 Å². The Morgan fingerprint density at radius 3 is 2.79 bits per heavy atom. The van der Waals surface area contributed by atoms with E-state index in [0.29, 0.717) is 5.82 Å². The highest BCUT2D eigenvalue weighted by atomic mass is 16.4. The van der Waals surface area contributed by atoms with Crippen LogP contribution in [0.1, 0.15) is 10.5 Å². The highest BCUT2D eigenvalue weighted by molar-refractivity contribution is 5.85. The summed E-state index contributed by atoms with van der Waals surface area (Å²) in [6.45, 7) is 0. The minimum atomic E-state index is -1.04. The molecule has 1 N–H and O–H groups in total. The fraction of sp³-hybridized carbons (Fsp3) is 0. The summed E-state index contributed by atoms with van der Waals surface area (Å²) in [4.78, 5) is 14.6. The van der Waals surface area contributed by atoms with Gasteiger partial charge in [-0.1, -0.05) is 6.07 Å². The smallest absolute Gasteiger partial charge is 0.356 e. The molecule has 0 aromatic carbocycles.